The zero-order valence-electron chi connectivity index (χ0n) is 9.41. The first-order valence-electron chi connectivity index (χ1n) is 5.09. The van der Waals surface area contributed by atoms with Crippen molar-refractivity contribution < 1.29 is 9.66 Å². The average molecular weight is 276 g/mol. The first kappa shape index (κ1) is 12.8. The van der Waals surface area contributed by atoms with E-state index in [9.17, 15) is 10.1 Å². The second kappa shape index (κ2) is 5.33. The van der Waals surface area contributed by atoms with Crippen molar-refractivity contribution in [2.24, 2.45) is 0 Å². The fourth-order valence-electron chi connectivity index (χ4n) is 1.37. The van der Waals surface area contributed by atoms with E-state index in [-0.39, 0.29) is 28.0 Å². The molecule has 0 aliphatic rings. The lowest BCUT2D eigenvalue weighted by molar-refractivity contribution is -0.385. The quantitative estimate of drug-likeness (QED) is 0.633. The van der Waals surface area contributed by atoms with Crippen molar-refractivity contribution >= 4 is 17.3 Å². The van der Waals surface area contributed by atoms with E-state index in [4.69, 9.17) is 21.6 Å². The minimum atomic E-state index is -0.602. The minimum absolute atomic E-state index is 0.0111. The Morgan fingerprint density at radius 3 is 2.84 bits per heavy atom. The van der Waals surface area contributed by atoms with Crippen molar-refractivity contribution in [3.63, 3.8) is 0 Å². The maximum absolute atomic E-state index is 10.9. The molecule has 0 bridgehead atoms. The monoisotopic (exact) mass is 275 g/mol. The molecule has 2 rings (SSSR count). The number of pyridine rings is 1. The maximum Gasteiger partial charge on any atom is 0.313 e. The molecule has 94 valence electrons. The van der Waals surface area contributed by atoms with Gasteiger partial charge < -0.3 is 4.74 Å². The summed E-state index contributed by atoms with van der Waals surface area (Å²) in [6.07, 6.45) is 0. The number of aromatic nitrogens is 1. The van der Waals surface area contributed by atoms with Gasteiger partial charge in [-0.2, -0.15) is 5.26 Å². The molecule has 0 spiro atoms. The summed E-state index contributed by atoms with van der Waals surface area (Å²) in [5, 5.41) is 19.8. The van der Waals surface area contributed by atoms with Gasteiger partial charge in [-0.25, -0.2) is 4.98 Å². The molecule has 0 unspecified atom stereocenters. The topological polar surface area (TPSA) is 89.0 Å². The number of ether oxygens (including phenoxy) is 1. The lowest BCUT2D eigenvalue weighted by Crippen LogP contribution is -1.95. The van der Waals surface area contributed by atoms with Crippen LogP contribution in [0.4, 0.5) is 5.69 Å². The highest BCUT2D eigenvalue weighted by molar-refractivity contribution is 6.30. The number of hydrogen-bond acceptors (Lipinski definition) is 5. The lowest BCUT2D eigenvalue weighted by Gasteiger charge is -2.05. The van der Waals surface area contributed by atoms with Crippen LogP contribution in [0.2, 0.25) is 5.02 Å². The van der Waals surface area contributed by atoms with Gasteiger partial charge in [0.1, 0.15) is 11.8 Å². The fourth-order valence-corrected chi connectivity index (χ4v) is 1.53. The van der Waals surface area contributed by atoms with Gasteiger partial charge in [-0.3, -0.25) is 10.1 Å². The Kier molecular flexibility index (Phi) is 3.59. The molecule has 1 aromatic heterocycles. The molecule has 0 aliphatic heterocycles. The van der Waals surface area contributed by atoms with Crippen molar-refractivity contribution in [1.29, 1.82) is 5.26 Å². The maximum atomic E-state index is 10.9. The van der Waals surface area contributed by atoms with Crippen LogP contribution in [0.1, 0.15) is 5.69 Å². The van der Waals surface area contributed by atoms with E-state index in [1.165, 1.54) is 30.3 Å². The van der Waals surface area contributed by atoms with Crippen LogP contribution < -0.4 is 4.74 Å². The normalized spacial score (nSPS) is 9.68. The van der Waals surface area contributed by atoms with Gasteiger partial charge in [0, 0.05) is 17.2 Å². The smallest absolute Gasteiger partial charge is 0.313 e. The first-order chi connectivity index (χ1) is 9.10. The highest BCUT2D eigenvalue weighted by atomic mass is 35.5. The average Bonchev–Trinajstić information content (AvgIpc) is 2.41. The lowest BCUT2D eigenvalue weighted by atomic mass is 10.3. The molecule has 0 aliphatic carbocycles. The standard InChI is InChI=1S/C12H6ClN3O3/c13-8-4-5-11(10(6-8)16(17)18)19-12-3-1-2-9(7-14)15-12/h1-6H. The fraction of sp³-hybridized carbons (Fsp3) is 0. The Bertz CT molecular complexity index is 682. The predicted octanol–water partition coefficient (Wildman–Crippen LogP) is 3.31. The van der Waals surface area contributed by atoms with E-state index in [2.05, 4.69) is 4.98 Å². The molecule has 0 atom stereocenters. The molecule has 0 N–H and O–H groups in total. The van der Waals surface area contributed by atoms with E-state index >= 15 is 0 Å². The van der Waals surface area contributed by atoms with E-state index in [0.717, 1.165) is 0 Å². The number of nitriles is 1. The molecule has 1 aromatic carbocycles. The Morgan fingerprint density at radius 1 is 1.37 bits per heavy atom. The van der Waals surface area contributed by atoms with E-state index in [1.54, 1.807) is 6.07 Å². The van der Waals surface area contributed by atoms with Crippen molar-refractivity contribution in [1.82, 2.24) is 4.98 Å². The molecule has 7 heteroatoms. The Morgan fingerprint density at radius 2 is 2.16 bits per heavy atom. The van der Waals surface area contributed by atoms with E-state index in [0.29, 0.717) is 0 Å². The first-order valence-corrected chi connectivity index (χ1v) is 5.47. The molecule has 0 radical (unpaired) electrons. The van der Waals surface area contributed by atoms with Gasteiger partial charge in [0.25, 0.3) is 0 Å². The van der Waals surface area contributed by atoms with E-state index < -0.39 is 4.92 Å². The Balaban J connectivity index is 2.38. The van der Waals surface area contributed by atoms with Crippen molar-refractivity contribution in [2.75, 3.05) is 0 Å². The van der Waals surface area contributed by atoms with Crippen LogP contribution in [0.25, 0.3) is 0 Å². The third-order valence-corrected chi connectivity index (χ3v) is 2.41. The molecule has 6 nitrogen and oxygen atoms in total. The van der Waals surface area contributed by atoms with Crippen LogP contribution in [0.15, 0.2) is 36.4 Å². The number of hydrogen-bond donors (Lipinski definition) is 0. The van der Waals surface area contributed by atoms with Crippen LogP contribution >= 0.6 is 11.6 Å². The molecule has 0 saturated carbocycles. The Hall–Kier alpha value is -2.65. The van der Waals surface area contributed by atoms with Crippen LogP contribution in [-0.2, 0) is 0 Å². The van der Waals surface area contributed by atoms with Crippen LogP contribution in [0, 0.1) is 21.4 Å². The number of rotatable bonds is 3. The molecule has 0 saturated heterocycles. The van der Waals surface area contributed by atoms with Crippen molar-refractivity contribution in [2.45, 2.75) is 0 Å². The zero-order chi connectivity index (χ0) is 13.8. The summed E-state index contributed by atoms with van der Waals surface area (Å²) in [5.74, 6) is 0.112. The van der Waals surface area contributed by atoms with Crippen LogP contribution in [-0.4, -0.2) is 9.91 Å². The van der Waals surface area contributed by atoms with Crippen molar-refractivity contribution in [3.05, 3.63) is 57.2 Å². The van der Waals surface area contributed by atoms with Gasteiger partial charge in [-0.1, -0.05) is 17.7 Å². The predicted molar refractivity (Wildman–Crippen MR) is 67.1 cm³/mol. The molecule has 0 fully saturated rings. The highest BCUT2D eigenvalue weighted by Gasteiger charge is 2.16. The highest BCUT2D eigenvalue weighted by Crippen LogP contribution is 2.32. The van der Waals surface area contributed by atoms with Gasteiger partial charge in [-0.05, 0) is 18.2 Å². The number of benzene rings is 1. The molecule has 2 aromatic rings. The van der Waals surface area contributed by atoms with Gasteiger partial charge in [-0.15, -0.1) is 0 Å². The number of halogens is 1. The number of nitrogens with zero attached hydrogens (tertiary/aromatic N) is 3. The third kappa shape index (κ3) is 2.97. The van der Waals surface area contributed by atoms with Gasteiger partial charge in [0.15, 0.2) is 0 Å². The molecule has 19 heavy (non-hydrogen) atoms. The Labute approximate surface area is 113 Å². The molecular formula is C12H6ClN3O3. The van der Waals surface area contributed by atoms with Gasteiger partial charge in [0.05, 0.1) is 4.92 Å². The molecular weight excluding hydrogens is 270 g/mol. The summed E-state index contributed by atoms with van der Waals surface area (Å²) in [4.78, 5) is 14.2. The molecule has 0 amide bonds. The number of nitro benzene ring substituents is 1. The van der Waals surface area contributed by atoms with Gasteiger partial charge in [0.2, 0.25) is 11.6 Å². The SMILES string of the molecule is N#Cc1cccc(Oc2ccc(Cl)cc2[N+](=O)[O-])n1. The second-order valence-electron chi connectivity index (χ2n) is 3.44. The summed E-state index contributed by atoms with van der Waals surface area (Å²) in [6, 6.07) is 10.5. The zero-order valence-corrected chi connectivity index (χ0v) is 10.2. The summed E-state index contributed by atoms with van der Waals surface area (Å²) in [6.45, 7) is 0. The third-order valence-electron chi connectivity index (χ3n) is 2.17. The summed E-state index contributed by atoms with van der Waals surface area (Å²) in [5.41, 5.74) is -0.106. The number of nitro groups is 1. The largest absolute Gasteiger partial charge is 0.432 e. The summed E-state index contributed by atoms with van der Waals surface area (Å²) < 4.78 is 5.31. The minimum Gasteiger partial charge on any atom is -0.432 e. The second-order valence-corrected chi connectivity index (χ2v) is 3.88. The summed E-state index contributed by atoms with van der Waals surface area (Å²) in [7, 11) is 0. The van der Waals surface area contributed by atoms with Gasteiger partial charge >= 0.3 is 5.69 Å². The van der Waals surface area contributed by atoms with Crippen LogP contribution in [0.3, 0.4) is 0 Å². The summed E-state index contributed by atoms with van der Waals surface area (Å²) >= 11 is 5.69. The molecule has 1 heterocycles. The van der Waals surface area contributed by atoms with E-state index in [1.807, 2.05) is 6.07 Å². The van der Waals surface area contributed by atoms with Crippen molar-refractivity contribution in [3.8, 4) is 17.7 Å². The van der Waals surface area contributed by atoms with Crippen LogP contribution in [0.5, 0.6) is 11.6 Å².